The van der Waals surface area contributed by atoms with Gasteiger partial charge < -0.3 is 14.8 Å². The number of piperidine rings is 1. The zero-order valence-electron chi connectivity index (χ0n) is 17.7. The van der Waals surface area contributed by atoms with Crippen molar-refractivity contribution < 1.29 is 14.3 Å². The van der Waals surface area contributed by atoms with Gasteiger partial charge in [-0.05, 0) is 81.3 Å². The van der Waals surface area contributed by atoms with Crippen molar-refractivity contribution in [3.05, 3.63) is 24.3 Å². The summed E-state index contributed by atoms with van der Waals surface area (Å²) in [6, 6.07) is 7.67. The van der Waals surface area contributed by atoms with Gasteiger partial charge in [0, 0.05) is 19.3 Å². The number of carbonyl (C=O) groups excluding carboxylic acids is 1. The van der Waals surface area contributed by atoms with Gasteiger partial charge in [0.05, 0.1) is 0 Å². The Morgan fingerprint density at radius 2 is 1.86 bits per heavy atom. The molecule has 3 rings (SSSR count). The van der Waals surface area contributed by atoms with Gasteiger partial charge in [-0.25, -0.2) is 0 Å². The van der Waals surface area contributed by atoms with E-state index in [2.05, 4.69) is 24.1 Å². The number of methoxy groups -OCH3 is 1. The number of benzene rings is 1. The number of amides is 1. The maximum atomic E-state index is 12.8. The Balaban J connectivity index is 1.46. The third-order valence-corrected chi connectivity index (χ3v) is 6.42. The molecule has 1 aromatic carbocycles. The largest absolute Gasteiger partial charge is 0.492 e. The second kappa shape index (κ2) is 9.75. The molecule has 0 radical (unpaired) electrons. The van der Waals surface area contributed by atoms with E-state index in [1.165, 1.54) is 32.4 Å². The summed E-state index contributed by atoms with van der Waals surface area (Å²) in [7, 11) is 1.65. The normalized spacial score (nSPS) is 26.8. The van der Waals surface area contributed by atoms with E-state index in [1.807, 2.05) is 24.3 Å². The van der Waals surface area contributed by atoms with E-state index < -0.39 is 5.60 Å². The fraction of sp³-hybridized carbons (Fsp3) is 0.696. The van der Waals surface area contributed by atoms with Crippen molar-refractivity contribution in [1.82, 2.24) is 4.90 Å². The summed E-state index contributed by atoms with van der Waals surface area (Å²) in [5, 5.41) is 3.04. The summed E-state index contributed by atoms with van der Waals surface area (Å²) in [6.45, 7) is 8.55. The van der Waals surface area contributed by atoms with Gasteiger partial charge in [-0.15, -0.1) is 0 Å². The average Bonchev–Trinajstić information content (AvgIpc) is 2.70. The van der Waals surface area contributed by atoms with E-state index in [-0.39, 0.29) is 5.91 Å². The predicted octanol–water partition coefficient (Wildman–Crippen LogP) is 4.33. The van der Waals surface area contributed by atoms with Crippen molar-refractivity contribution in [3.63, 3.8) is 0 Å². The van der Waals surface area contributed by atoms with Crippen molar-refractivity contribution >= 4 is 11.6 Å². The fourth-order valence-corrected chi connectivity index (χ4v) is 4.45. The van der Waals surface area contributed by atoms with Crippen LogP contribution in [0.4, 0.5) is 5.69 Å². The van der Waals surface area contributed by atoms with Crippen LogP contribution in [-0.2, 0) is 9.53 Å². The summed E-state index contributed by atoms with van der Waals surface area (Å²) >= 11 is 0. The zero-order chi connectivity index (χ0) is 20.0. The zero-order valence-corrected chi connectivity index (χ0v) is 17.7. The minimum absolute atomic E-state index is 0.0328. The third-order valence-electron chi connectivity index (χ3n) is 6.42. The molecule has 156 valence electrons. The first-order valence-corrected chi connectivity index (χ1v) is 10.8. The molecule has 5 heteroatoms. The highest BCUT2D eigenvalue weighted by Crippen LogP contribution is 2.35. The molecule has 1 aromatic rings. The molecule has 1 heterocycles. The second-order valence-electron chi connectivity index (χ2n) is 8.75. The van der Waals surface area contributed by atoms with Crippen LogP contribution in [0.3, 0.4) is 0 Å². The Labute approximate surface area is 169 Å². The number of ether oxygens (including phenoxy) is 2. The van der Waals surface area contributed by atoms with E-state index in [0.717, 1.165) is 43.2 Å². The molecule has 1 saturated carbocycles. The molecule has 0 bridgehead atoms. The van der Waals surface area contributed by atoms with Gasteiger partial charge in [0.15, 0.2) is 0 Å². The Kier molecular flexibility index (Phi) is 7.36. The molecule has 0 aromatic heterocycles. The highest BCUT2D eigenvalue weighted by molar-refractivity contribution is 5.97. The molecule has 1 saturated heterocycles. The molecule has 0 spiro atoms. The molecule has 5 nitrogen and oxygen atoms in total. The lowest BCUT2D eigenvalue weighted by atomic mass is 9.78. The minimum atomic E-state index is -0.696. The lowest BCUT2D eigenvalue weighted by molar-refractivity contribution is -0.143. The molecule has 2 unspecified atom stereocenters. The molecule has 1 N–H and O–H groups in total. The lowest BCUT2D eigenvalue weighted by Gasteiger charge is -2.37. The Morgan fingerprint density at radius 3 is 2.50 bits per heavy atom. The quantitative estimate of drug-likeness (QED) is 0.755. The highest BCUT2D eigenvalue weighted by Gasteiger charge is 2.41. The predicted molar refractivity (Wildman–Crippen MR) is 113 cm³/mol. The van der Waals surface area contributed by atoms with Crippen LogP contribution < -0.4 is 10.1 Å². The average molecular weight is 389 g/mol. The summed E-state index contributed by atoms with van der Waals surface area (Å²) in [5.41, 5.74) is 0.0933. The minimum Gasteiger partial charge on any atom is -0.492 e. The Bertz CT molecular complexity index is 625. The SMILES string of the molecule is COC1(C(=O)Nc2ccc(OCCN3CCC(C)CC3)cc2)CCCC(C)C1. The van der Waals surface area contributed by atoms with Gasteiger partial charge in [0.1, 0.15) is 18.0 Å². The van der Waals surface area contributed by atoms with Crippen molar-refractivity contribution in [2.24, 2.45) is 11.8 Å². The van der Waals surface area contributed by atoms with E-state index in [4.69, 9.17) is 9.47 Å². The van der Waals surface area contributed by atoms with Crippen molar-refractivity contribution in [2.75, 3.05) is 38.7 Å². The molecule has 2 fully saturated rings. The topological polar surface area (TPSA) is 50.8 Å². The lowest BCUT2D eigenvalue weighted by Crippen LogP contribution is -2.47. The van der Waals surface area contributed by atoms with Crippen LogP contribution in [0.1, 0.15) is 52.4 Å². The first-order chi connectivity index (χ1) is 13.5. The van der Waals surface area contributed by atoms with Gasteiger partial charge in [-0.1, -0.05) is 20.3 Å². The highest BCUT2D eigenvalue weighted by atomic mass is 16.5. The van der Waals surface area contributed by atoms with E-state index in [9.17, 15) is 4.79 Å². The van der Waals surface area contributed by atoms with Crippen LogP contribution in [0.15, 0.2) is 24.3 Å². The van der Waals surface area contributed by atoms with Crippen LogP contribution in [-0.4, -0.2) is 49.8 Å². The standard InChI is InChI=1S/C23H36N2O3/c1-18-10-13-25(14-11-18)15-16-28-21-8-6-20(7-9-21)24-22(26)23(27-3)12-4-5-19(2)17-23/h6-9,18-19H,4-5,10-17H2,1-3H3,(H,24,26). The summed E-state index contributed by atoms with van der Waals surface area (Å²) < 4.78 is 11.6. The molecular formula is C23H36N2O3. The van der Waals surface area contributed by atoms with Crippen molar-refractivity contribution in [3.8, 4) is 5.75 Å². The molecular weight excluding hydrogens is 352 g/mol. The van der Waals surface area contributed by atoms with Gasteiger partial charge in [0.25, 0.3) is 5.91 Å². The number of hydrogen-bond acceptors (Lipinski definition) is 4. The molecule has 1 aliphatic carbocycles. The van der Waals surface area contributed by atoms with Gasteiger partial charge in [-0.2, -0.15) is 0 Å². The summed E-state index contributed by atoms with van der Waals surface area (Å²) in [4.78, 5) is 15.3. The van der Waals surface area contributed by atoms with Gasteiger partial charge >= 0.3 is 0 Å². The van der Waals surface area contributed by atoms with Crippen LogP contribution in [0.25, 0.3) is 0 Å². The number of hydrogen-bond donors (Lipinski definition) is 1. The number of carbonyl (C=O) groups is 1. The second-order valence-corrected chi connectivity index (χ2v) is 8.75. The molecule has 1 amide bonds. The van der Waals surface area contributed by atoms with Crippen LogP contribution >= 0.6 is 0 Å². The number of rotatable bonds is 7. The van der Waals surface area contributed by atoms with Crippen LogP contribution in [0.5, 0.6) is 5.75 Å². The number of nitrogens with zero attached hydrogens (tertiary/aromatic N) is 1. The molecule has 2 atom stereocenters. The summed E-state index contributed by atoms with van der Waals surface area (Å²) in [6.07, 6.45) is 6.35. The first kappa shape index (κ1) is 21.1. The number of likely N-dealkylation sites (tertiary alicyclic amines) is 1. The summed E-state index contributed by atoms with van der Waals surface area (Å²) in [5.74, 6) is 2.18. The molecule has 2 aliphatic rings. The van der Waals surface area contributed by atoms with E-state index in [1.54, 1.807) is 7.11 Å². The Morgan fingerprint density at radius 1 is 1.14 bits per heavy atom. The monoisotopic (exact) mass is 388 g/mol. The molecule has 28 heavy (non-hydrogen) atoms. The maximum absolute atomic E-state index is 12.8. The van der Waals surface area contributed by atoms with Crippen molar-refractivity contribution in [1.29, 1.82) is 0 Å². The fourth-order valence-electron chi connectivity index (χ4n) is 4.45. The first-order valence-electron chi connectivity index (χ1n) is 10.8. The van der Waals surface area contributed by atoms with E-state index in [0.29, 0.717) is 12.5 Å². The van der Waals surface area contributed by atoms with Gasteiger partial charge in [0.2, 0.25) is 0 Å². The molecule has 1 aliphatic heterocycles. The van der Waals surface area contributed by atoms with Crippen molar-refractivity contribution in [2.45, 2.75) is 58.0 Å². The third kappa shape index (κ3) is 5.48. The van der Waals surface area contributed by atoms with Gasteiger partial charge in [-0.3, -0.25) is 9.69 Å². The number of nitrogens with one attached hydrogen (secondary N) is 1. The smallest absolute Gasteiger partial charge is 0.256 e. The Hall–Kier alpha value is -1.59. The van der Waals surface area contributed by atoms with E-state index >= 15 is 0 Å². The maximum Gasteiger partial charge on any atom is 0.256 e. The number of anilines is 1. The van der Waals surface area contributed by atoms with Crippen LogP contribution in [0, 0.1) is 11.8 Å². The van der Waals surface area contributed by atoms with Crippen LogP contribution in [0.2, 0.25) is 0 Å².